The van der Waals surface area contributed by atoms with Gasteiger partial charge in [0.25, 0.3) is 0 Å². The zero-order chi connectivity index (χ0) is 14.8. The van der Waals surface area contributed by atoms with Crippen molar-refractivity contribution in [3.63, 3.8) is 0 Å². The largest absolute Gasteiger partial charge is 0.480 e. The fourth-order valence-electron chi connectivity index (χ4n) is 2.73. The summed E-state index contributed by atoms with van der Waals surface area (Å²) in [6, 6.07) is 9.34. The second kappa shape index (κ2) is 5.69. The molecule has 1 fully saturated rings. The second-order valence-corrected chi connectivity index (χ2v) is 5.24. The van der Waals surface area contributed by atoms with Crippen molar-refractivity contribution in [1.29, 1.82) is 0 Å². The van der Waals surface area contributed by atoms with Crippen LogP contribution in [0.15, 0.2) is 40.8 Å². The molecule has 5 heteroatoms. The number of benzene rings is 1. The molecular formula is C16H16FNO3. The molecule has 0 radical (unpaired) electrons. The number of rotatable bonds is 4. The fraction of sp³-hybridized carbons (Fsp3) is 0.312. The van der Waals surface area contributed by atoms with Crippen LogP contribution in [0.3, 0.4) is 0 Å². The Morgan fingerprint density at radius 2 is 2.05 bits per heavy atom. The Morgan fingerprint density at radius 1 is 1.29 bits per heavy atom. The number of carboxylic acid groups (broad SMARTS) is 1. The van der Waals surface area contributed by atoms with E-state index in [1.54, 1.807) is 12.1 Å². The van der Waals surface area contributed by atoms with E-state index >= 15 is 0 Å². The maximum absolute atomic E-state index is 12.9. The van der Waals surface area contributed by atoms with Gasteiger partial charge in [0, 0.05) is 5.56 Å². The Labute approximate surface area is 121 Å². The summed E-state index contributed by atoms with van der Waals surface area (Å²) in [5.41, 5.74) is 0.804. The van der Waals surface area contributed by atoms with E-state index < -0.39 is 12.0 Å². The maximum atomic E-state index is 12.9. The predicted molar refractivity (Wildman–Crippen MR) is 75.2 cm³/mol. The highest BCUT2D eigenvalue weighted by atomic mass is 19.1. The monoisotopic (exact) mass is 289 g/mol. The van der Waals surface area contributed by atoms with Gasteiger partial charge in [-0.2, -0.15) is 0 Å². The third-order valence-electron chi connectivity index (χ3n) is 3.80. The van der Waals surface area contributed by atoms with Crippen LogP contribution < -0.4 is 0 Å². The molecule has 1 atom stereocenters. The topological polar surface area (TPSA) is 53.7 Å². The van der Waals surface area contributed by atoms with E-state index in [0.29, 0.717) is 18.7 Å². The average Bonchev–Trinajstić information content (AvgIpc) is 3.09. The summed E-state index contributed by atoms with van der Waals surface area (Å²) < 4.78 is 18.6. The first-order valence-corrected chi connectivity index (χ1v) is 6.95. The number of carboxylic acids is 1. The number of hydrogen-bond donors (Lipinski definition) is 1. The lowest BCUT2D eigenvalue weighted by molar-refractivity contribution is -0.142. The highest BCUT2D eigenvalue weighted by Gasteiger charge is 2.30. The third-order valence-corrected chi connectivity index (χ3v) is 3.80. The zero-order valence-corrected chi connectivity index (χ0v) is 11.5. The summed E-state index contributed by atoms with van der Waals surface area (Å²) in [5.74, 6) is 0.322. The van der Waals surface area contributed by atoms with E-state index in [1.165, 1.54) is 12.1 Å². The summed E-state index contributed by atoms with van der Waals surface area (Å²) in [7, 11) is 0. The molecule has 2 aromatic rings. The maximum Gasteiger partial charge on any atom is 0.320 e. The number of nitrogens with zero attached hydrogens (tertiary/aromatic N) is 1. The predicted octanol–water partition coefficient (Wildman–Crippen LogP) is 3.13. The van der Waals surface area contributed by atoms with Gasteiger partial charge < -0.3 is 9.52 Å². The molecule has 0 amide bonds. The van der Waals surface area contributed by atoms with Crippen LogP contribution in [-0.2, 0) is 11.3 Å². The van der Waals surface area contributed by atoms with Gasteiger partial charge >= 0.3 is 5.97 Å². The van der Waals surface area contributed by atoms with Gasteiger partial charge in [-0.25, -0.2) is 4.39 Å². The molecule has 1 aliphatic rings. The van der Waals surface area contributed by atoms with Gasteiger partial charge in [0.1, 0.15) is 23.4 Å². The molecule has 0 bridgehead atoms. The van der Waals surface area contributed by atoms with Crippen molar-refractivity contribution in [2.75, 3.05) is 6.54 Å². The van der Waals surface area contributed by atoms with Crippen LogP contribution in [0.4, 0.5) is 4.39 Å². The van der Waals surface area contributed by atoms with E-state index in [1.807, 2.05) is 17.0 Å². The molecule has 1 unspecified atom stereocenters. The van der Waals surface area contributed by atoms with Crippen molar-refractivity contribution in [2.24, 2.45) is 0 Å². The lowest BCUT2D eigenvalue weighted by Crippen LogP contribution is -2.35. The van der Waals surface area contributed by atoms with Crippen molar-refractivity contribution in [3.05, 3.63) is 48.0 Å². The summed E-state index contributed by atoms with van der Waals surface area (Å²) in [6.45, 7) is 1.25. The molecule has 0 spiro atoms. The third kappa shape index (κ3) is 2.97. The molecule has 1 aromatic heterocycles. The molecule has 1 N–H and O–H groups in total. The minimum absolute atomic E-state index is 0.285. The van der Waals surface area contributed by atoms with Crippen LogP contribution in [0.1, 0.15) is 18.6 Å². The Morgan fingerprint density at radius 3 is 2.76 bits per heavy atom. The van der Waals surface area contributed by atoms with Crippen molar-refractivity contribution in [3.8, 4) is 11.3 Å². The number of carbonyl (C=O) groups is 1. The lowest BCUT2D eigenvalue weighted by atomic mass is 10.2. The second-order valence-electron chi connectivity index (χ2n) is 5.24. The molecule has 1 saturated heterocycles. The molecule has 0 saturated carbocycles. The van der Waals surface area contributed by atoms with E-state index in [2.05, 4.69) is 0 Å². The van der Waals surface area contributed by atoms with Crippen LogP contribution >= 0.6 is 0 Å². The van der Waals surface area contributed by atoms with E-state index in [4.69, 9.17) is 9.52 Å². The summed E-state index contributed by atoms with van der Waals surface area (Å²) in [6.07, 6.45) is 1.57. The first-order chi connectivity index (χ1) is 10.1. The highest BCUT2D eigenvalue weighted by molar-refractivity contribution is 5.73. The Hall–Kier alpha value is -2.14. The van der Waals surface area contributed by atoms with Gasteiger partial charge in [-0.15, -0.1) is 0 Å². The van der Waals surface area contributed by atoms with Gasteiger partial charge in [-0.1, -0.05) is 0 Å². The van der Waals surface area contributed by atoms with E-state index in [9.17, 15) is 9.18 Å². The molecule has 2 heterocycles. The normalized spacial score (nSPS) is 19.0. The van der Waals surface area contributed by atoms with Gasteiger partial charge in [0.15, 0.2) is 0 Å². The summed E-state index contributed by atoms with van der Waals surface area (Å²) >= 11 is 0. The van der Waals surface area contributed by atoms with Gasteiger partial charge in [0.2, 0.25) is 0 Å². The van der Waals surface area contributed by atoms with Gasteiger partial charge in [-0.3, -0.25) is 9.69 Å². The van der Waals surface area contributed by atoms with E-state index in [-0.39, 0.29) is 5.82 Å². The molecule has 4 nitrogen and oxygen atoms in total. The standard InChI is InChI=1S/C16H16FNO3/c17-12-5-3-11(4-6-12)15-8-7-13(21-15)10-18-9-1-2-14(18)16(19)20/h3-8,14H,1-2,9-10H2,(H,19,20). The van der Waals surface area contributed by atoms with Crippen LogP contribution in [-0.4, -0.2) is 28.6 Å². The quantitative estimate of drug-likeness (QED) is 0.939. The van der Waals surface area contributed by atoms with Gasteiger partial charge in [-0.05, 0) is 55.8 Å². The summed E-state index contributed by atoms with van der Waals surface area (Å²) in [5, 5.41) is 9.16. The minimum atomic E-state index is -0.780. The van der Waals surface area contributed by atoms with Crippen LogP contribution in [0, 0.1) is 5.82 Å². The zero-order valence-electron chi connectivity index (χ0n) is 11.5. The van der Waals surface area contributed by atoms with Crippen molar-refractivity contribution in [1.82, 2.24) is 4.90 Å². The molecule has 3 rings (SSSR count). The molecular weight excluding hydrogens is 273 g/mol. The van der Waals surface area contributed by atoms with Crippen molar-refractivity contribution in [2.45, 2.75) is 25.4 Å². The Kier molecular flexibility index (Phi) is 3.75. The van der Waals surface area contributed by atoms with Gasteiger partial charge in [0.05, 0.1) is 6.54 Å². The minimum Gasteiger partial charge on any atom is -0.480 e. The van der Waals surface area contributed by atoms with Crippen LogP contribution in [0.25, 0.3) is 11.3 Å². The number of halogens is 1. The molecule has 1 aromatic carbocycles. The number of hydrogen-bond acceptors (Lipinski definition) is 3. The highest BCUT2D eigenvalue weighted by Crippen LogP contribution is 2.25. The number of likely N-dealkylation sites (tertiary alicyclic amines) is 1. The van der Waals surface area contributed by atoms with Crippen molar-refractivity contribution < 1.29 is 18.7 Å². The number of furan rings is 1. The summed E-state index contributed by atoms with van der Waals surface area (Å²) in [4.78, 5) is 13.1. The Bertz CT molecular complexity index is 635. The van der Waals surface area contributed by atoms with Crippen LogP contribution in [0.5, 0.6) is 0 Å². The Balaban J connectivity index is 1.73. The molecule has 0 aliphatic carbocycles. The average molecular weight is 289 g/mol. The van der Waals surface area contributed by atoms with E-state index in [0.717, 1.165) is 24.3 Å². The molecule has 21 heavy (non-hydrogen) atoms. The first kappa shape index (κ1) is 13.8. The van der Waals surface area contributed by atoms with Crippen LogP contribution in [0.2, 0.25) is 0 Å². The SMILES string of the molecule is O=C(O)C1CCCN1Cc1ccc(-c2ccc(F)cc2)o1. The number of aliphatic carboxylic acids is 1. The lowest BCUT2D eigenvalue weighted by Gasteiger charge is -2.19. The molecule has 110 valence electrons. The molecule has 1 aliphatic heterocycles. The fourth-order valence-corrected chi connectivity index (χ4v) is 2.73. The first-order valence-electron chi connectivity index (χ1n) is 6.95. The van der Waals surface area contributed by atoms with Crippen molar-refractivity contribution >= 4 is 5.97 Å². The smallest absolute Gasteiger partial charge is 0.320 e.